The van der Waals surface area contributed by atoms with Gasteiger partial charge < -0.3 is 4.74 Å². The molecule has 0 spiro atoms. The number of ether oxygens (including phenoxy) is 1. The third-order valence-corrected chi connectivity index (χ3v) is 3.09. The molecule has 0 aliphatic heterocycles. The zero-order valence-electron chi connectivity index (χ0n) is 9.92. The van der Waals surface area contributed by atoms with Crippen molar-refractivity contribution in [2.75, 3.05) is 6.61 Å². The molecule has 1 aromatic carbocycles. The molecule has 0 saturated carbocycles. The van der Waals surface area contributed by atoms with Gasteiger partial charge in [0.2, 0.25) is 0 Å². The lowest BCUT2D eigenvalue weighted by molar-refractivity contribution is -0.142. The molecule has 1 aromatic rings. The van der Waals surface area contributed by atoms with Crippen LogP contribution in [0.5, 0.6) is 0 Å². The highest BCUT2D eigenvalue weighted by molar-refractivity contribution is 9.10. The molecule has 0 aliphatic rings. The highest BCUT2D eigenvalue weighted by Crippen LogP contribution is 2.22. The van der Waals surface area contributed by atoms with E-state index < -0.39 is 0 Å². The average molecular weight is 296 g/mol. The van der Waals surface area contributed by atoms with Crippen molar-refractivity contribution >= 4 is 21.9 Å². The smallest absolute Gasteiger partial charge is 0.310 e. The summed E-state index contributed by atoms with van der Waals surface area (Å²) in [4.78, 5) is 11.4. The zero-order chi connectivity index (χ0) is 12.8. The third kappa shape index (κ3) is 3.57. The van der Waals surface area contributed by atoms with Crippen LogP contribution in [0, 0.1) is 11.3 Å². The van der Waals surface area contributed by atoms with Crippen LogP contribution in [0.3, 0.4) is 0 Å². The van der Waals surface area contributed by atoms with Crippen molar-refractivity contribution in [3.63, 3.8) is 0 Å². The standard InChI is InChI=1S/C13H14BrNO2/c1-3-9-6-12(14)11(8-15)5-10(9)7-13(16)17-4-2/h5-6H,3-4,7H2,1-2H3. The second-order valence-electron chi connectivity index (χ2n) is 3.55. The summed E-state index contributed by atoms with van der Waals surface area (Å²) in [5.41, 5.74) is 2.47. The van der Waals surface area contributed by atoms with Gasteiger partial charge >= 0.3 is 5.97 Å². The summed E-state index contributed by atoms with van der Waals surface area (Å²) in [7, 11) is 0. The molecule has 0 saturated heterocycles. The van der Waals surface area contributed by atoms with Gasteiger partial charge in [-0.2, -0.15) is 5.26 Å². The number of benzene rings is 1. The predicted octanol–water partition coefficient (Wildman–Crippen LogP) is 2.99. The van der Waals surface area contributed by atoms with Gasteiger partial charge in [-0.3, -0.25) is 4.79 Å². The number of hydrogen-bond donors (Lipinski definition) is 0. The van der Waals surface area contributed by atoms with Crippen molar-refractivity contribution in [1.82, 2.24) is 0 Å². The molecule has 0 fully saturated rings. The second-order valence-corrected chi connectivity index (χ2v) is 4.40. The first-order valence-corrected chi connectivity index (χ1v) is 6.28. The van der Waals surface area contributed by atoms with Crippen molar-refractivity contribution in [2.24, 2.45) is 0 Å². The molecule has 90 valence electrons. The van der Waals surface area contributed by atoms with E-state index in [4.69, 9.17) is 10.00 Å². The highest BCUT2D eigenvalue weighted by atomic mass is 79.9. The van der Waals surface area contributed by atoms with Crippen molar-refractivity contribution in [2.45, 2.75) is 26.7 Å². The van der Waals surface area contributed by atoms with Crippen LogP contribution in [-0.2, 0) is 22.4 Å². The van der Waals surface area contributed by atoms with Crippen LogP contribution in [0.1, 0.15) is 30.5 Å². The lowest BCUT2D eigenvalue weighted by atomic mass is 10.00. The largest absolute Gasteiger partial charge is 0.466 e. The predicted molar refractivity (Wildman–Crippen MR) is 68.6 cm³/mol. The van der Waals surface area contributed by atoms with Crippen LogP contribution in [0.15, 0.2) is 16.6 Å². The van der Waals surface area contributed by atoms with E-state index in [2.05, 4.69) is 22.0 Å². The van der Waals surface area contributed by atoms with Crippen LogP contribution in [0.4, 0.5) is 0 Å². The van der Waals surface area contributed by atoms with Gasteiger partial charge in [0.25, 0.3) is 0 Å². The molecule has 0 unspecified atom stereocenters. The molecule has 0 N–H and O–H groups in total. The van der Waals surface area contributed by atoms with Gasteiger partial charge in [0, 0.05) is 4.47 Å². The SMILES string of the molecule is CCOC(=O)Cc1cc(C#N)c(Br)cc1CC. The van der Waals surface area contributed by atoms with E-state index in [1.165, 1.54) is 0 Å². The van der Waals surface area contributed by atoms with Gasteiger partial charge in [-0.25, -0.2) is 0 Å². The van der Waals surface area contributed by atoms with Crippen LogP contribution in [0.2, 0.25) is 0 Å². The maximum atomic E-state index is 11.4. The first-order valence-electron chi connectivity index (χ1n) is 5.49. The van der Waals surface area contributed by atoms with Gasteiger partial charge in [0.05, 0.1) is 18.6 Å². The molecule has 0 aromatic heterocycles. The van der Waals surface area contributed by atoms with E-state index in [1.807, 2.05) is 13.0 Å². The van der Waals surface area contributed by atoms with E-state index in [0.717, 1.165) is 22.0 Å². The molecular weight excluding hydrogens is 282 g/mol. The summed E-state index contributed by atoms with van der Waals surface area (Å²) in [6, 6.07) is 5.74. The van der Waals surface area contributed by atoms with Gasteiger partial charge in [-0.05, 0) is 52.5 Å². The number of rotatable bonds is 4. The van der Waals surface area contributed by atoms with E-state index in [0.29, 0.717) is 12.2 Å². The normalized spacial score (nSPS) is 9.76. The molecule has 0 atom stereocenters. The van der Waals surface area contributed by atoms with Crippen LogP contribution in [0.25, 0.3) is 0 Å². The first kappa shape index (κ1) is 13.7. The number of nitriles is 1. The molecule has 0 bridgehead atoms. The van der Waals surface area contributed by atoms with Crippen molar-refractivity contribution in [3.8, 4) is 6.07 Å². The van der Waals surface area contributed by atoms with Crippen molar-refractivity contribution in [3.05, 3.63) is 33.3 Å². The van der Waals surface area contributed by atoms with Crippen LogP contribution < -0.4 is 0 Å². The fourth-order valence-electron chi connectivity index (χ4n) is 1.61. The number of carbonyl (C=O) groups excluding carboxylic acids is 1. The highest BCUT2D eigenvalue weighted by Gasteiger charge is 2.11. The molecule has 0 aliphatic carbocycles. The van der Waals surface area contributed by atoms with Crippen molar-refractivity contribution < 1.29 is 9.53 Å². The molecule has 1 rings (SSSR count). The second kappa shape index (κ2) is 6.41. The van der Waals surface area contributed by atoms with Gasteiger partial charge in [-0.15, -0.1) is 0 Å². The Balaban J connectivity index is 3.05. The number of hydrogen-bond acceptors (Lipinski definition) is 3. The molecule has 0 amide bonds. The van der Waals surface area contributed by atoms with E-state index >= 15 is 0 Å². The minimum absolute atomic E-state index is 0.221. The quantitative estimate of drug-likeness (QED) is 0.803. The fourth-order valence-corrected chi connectivity index (χ4v) is 2.09. The van der Waals surface area contributed by atoms with Gasteiger partial charge in [0.15, 0.2) is 0 Å². The number of halogens is 1. The van der Waals surface area contributed by atoms with Crippen molar-refractivity contribution in [1.29, 1.82) is 5.26 Å². The Hall–Kier alpha value is -1.34. The summed E-state index contributed by atoms with van der Waals surface area (Å²) in [6.45, 7) is 4.17. The minimum atomic E-state index is -0.256. The summed E-state index contributed by atoms with van der Waals surface area (Å²) < 4.78 is 5.68. The lowest BCUT2D eigenvalue weighted by Gasteiger charge is -2.09. The molecular formula is C13H14BrNO2. The Morgan fingerprint density at radius 3 is 2.65 bits per heavy atom. The summed E-state index contributed by atoms with van der Waals surface area (Å²) in [6.07, 6.45) is 1.04. The summed E-state index contributed by atoms with van der Waals surface area (Å²) >= 11 is 3.34. The van der Waals surface area contributed by atoms with Gasteiger partial charge in [-0.1, -0.05) is 6.92 Å². The van der Waals surface area contributed by atoms with E-state index in [1.54, 1.807) is 13.0 Å². The maximum absolute atomic E-state index is 11.4. The van der Waals surface area contributed by atoms with E-state index in [-0.39, 0.29) is 12.4 Å². The Morgan fingerprint density at radius 1 is 1.41 bits per heavy atom. The van der Waals surface area contributed by atoms with Gasteiger partial charge in [0.1, 0.15) is 6.07 Å². The van der Waals surface area contributed by atoms with Crippen LogP contribution >= 0.6 is 15.9 Å². The molecule has 17 heavy (non-hydrogen) atoms. The maximum Gasteiger partial charge on any atom is 0.310 e. The monoisotopic (exact) mass is 295 g/mol. The number of nitrogens with zero attached hydrogens (tertiary/aromatic N) is 1. The number of carbonyl (C=O) groups is 1. The Bertz CT molecular complexity index is 463. The van der Waals surface area contributed by atoms with E-state index in [9.17, 15) is 4.79 Å². The fraction of sp³-hybridized carbons (Fsp3) is 0.385. The minimum Gasteiger partial charge on any atom is -0.466 e. The lowest BCUT2D eigenvalue weighted by Crippen LogP contribution is -2.09. The number of esters is 1. The molecule has 3 nitrogen and oxygen atoms in total. The van der Waals surface area contributed by atoms with Crippen LogP contribution in [-0.4, -0.2) is 12.6 Å². The Morgan fingerprint density at radius 2 is 2.12 bits per heavy atom. The Labute approximate surface area is 110 Å². The molecule has 0 radical (unpaired) electrons. The average Bonchev–Trinajstić information content (AvgIpc) is 2.31. The summed E-state index contributed by atoms with van der Waals surface area (Å²) in [5.74, 6) is -0.256. The third-order valence-electron chi connectivity index (χ3n) is 2.43. The first-order chi connectivity index (χ1) is 8.12. The number of aryl methyl sites for hydroxylation is 1. The topological polar surface area (TPSA) is 50.1 Å². The Kier molecular flexibility index (Phi) is 5.17. The zero-order valence-corrected chi connectivity index (χ0v) is 11.5. The molecule has 4 heteroatoms. The molecule has 0 heterocycles. The summed E-state index contributed by atoms with van der Waals surface area (Å²) in [5, 5.41) is 8.95.